The van der Waals surface area contributed by atoms with Gasteiger partial charge in [0.05, 0.1) is 0 Å². The fourth-order valence-corrected chi connectivity index (χ4v) is 3.93. The van der Waals surface area contributed by atoms with Gasteiger partial charge in [0, 0.05) is 48.8 Å². The van der Waals surface area contributed by atoms with E-state index < -0.39 is 0 Å². The zero-order valence-corrected chi connectivity index (χ0v) is 16.9. The third-order valence-electron chi connectivity index (χ3n) is 5.67. The van der Waals surface area contributed by atoms with Crippen LogP contribution in [0.5, 0.6) is 0 Å². The van der Waals surface area contributed by atoms with Crippen LogP contribution in [-0.4, -0.2) is 53.1 Å². The Morgan fingerprint density at radius 3 is 2.62 bits per heavy atom. The fraction of sp³-hybridized carbons (Fsp3) is 0.500. The van der Waals surface area contributed by atoms with Crippen molar-refractivity contribution in [1.29, 1.82) is 0 Å². The molecule has 7 nitrogen and oxygen atoms in total. The average Bonchev–Trinajstić information content (AvgIpc) is 3.29. The Bertz CT molecular complexity index is 860. The van der Waals surface area contributed by atoms with E-state index in [-0.39, 0.29) is 29.8 Å². The molecule has 2 aliphatic rings. The van der Waals surface area contributed by atoms with Gasteiger partial charge in [-0.05, 0) is 31.4 Å². The van der Waals surface area contributed by atoms with Crippen LogP contribution in [0.4, 0.5) is 0 Å². The van der Waals surface area contributed by atoms with Crippen LogP contribution in [0.1, 0.15) is 65.6 Å². The molecule has 0 bridgehead atoms. The summed E-state index contributed by atoms with van der Waals surface area (Å²) in [6.07, 6.45) is 3.18. The molecule has 2 N–H and O–H groups in total. The summed E-state index contributed by atoms with van der Waals surface area (Å²) >= 11 is 0. The van der Waals surface area contributed by atoms with Crippen LogP contribution in [0.15, 0.2) is 40.9 Å². The minimum Gasteiger partial charge on any atom is -0.360 e. The summed E-state index contributed by atoms with van der Waals surface area (Å²) in [5, 5.41) is 10.0. The maximum Gasteiger partial charge on any atom is 0.273 e. The van der Waals surface area contributed by atoms with E-state index in [1.165, 1.54) is 12.8 Å². The summed E-state index contributed by atoms with van der Waals surface area (Å²) in [4.78, 5) is 27.4. The second-order valence-electron chi connectivity index (χ2n) is 8.33. The monoisotopic (exact) mass is 396 g/mol. The number of nitrogens with one attached hydrogen (secondary N) is 2. The quantitative estimate of drug-likeness (QED) is 0.751. The zero-order valence-electron chi connectivity index (χ0n) is 16.9. The molecule has 2 atom stereocenters. The van der Waals surface area contributed by atoms with Gasteiger partial charge in [-0.1, -0.05) is 37.2 Å². The Morgan fingerprint density at radius 1 is 1.21 bits per heavy atom. The summed E-state index contributed by atoms with van der Waals surface area (Å²) in [6, 6.07) is 11.8. The number of benzene rings is 1. The third-order valence-corrected chi connectivity index (χ3v) is 5.67. The van der Waals surface area contributed by atoms with Crippen LogP contribution >= 0.6 is 0 Å². The van der Waals surface area contributed by atoms with Gasteiger partial charge in [0.2, 0.25) is 0 Å². The van der Waals surface area contributed by atoms with E-state index in [4.69, 9.17) is 4.52 Å². The highest BCUT2D eigenvalue weighted by Gasteiger charge is 2.41. The van der Waals surface area contributed by atoms with Crippen molar-refractivity contribution in [3.8, 4) is 0 Å². The number of aromatic nitrogens is 1. The second kappa shape index (κ2) is 8.37. The average molecular weight is 396 g/mol. The molecule has 2 heterocycles. The minimum atomic E-state index is -0.199. The smallest absolute Gasteiger partial charge is 0.273 e. The second-order valence-corrected chi connectivity index (χ2v) is 8.33. The zero-order chi connectivity index (χ0) is 20.4. The largest absolute Gasteiger partial charge is 0.360 e. The Hall–Kier alpha value is -2.67. The Morgan fingerprint density at radius 2 is 1.97 bits per heavy atom. The van der Waals surface area contributed by atoms with Gasteiger partial charge in [-0.25, -0.2) is 0 Å². The van der Waals surface area contributed by atoms with Crippen molar-refractivity contribution in [2.45, 2.75) is 57.2 Å². The van der Waals surface area contributed by atoms with E-state index in [2.05, 4.69) is 20.7 Å². The van der Waals surface area contributed by atoms with Gasteiger partial charge in [0.15, 0.2) is 5.69 Å². The van der Waals surface area contributed by atoms with Crippen LogP contribution < -0.4 is 10.6 Å². The molecule has 2 fully saturated rings. The van der Waals surface area contributed by atoms with Crippen LogP contribution in [0.3, 0.4) is 0 Å². The van der Waals surface area contributed by atoms with Crippen molar-refractivity contribution in [3.63, 3.8) is 0 Å². The number of carbonyl (C=O) groups excluding carboxylic acids is 2. The lowest BCUT2D eigenvalue weighted by atomic mass is 10.1. The first-order chi connectivity index (χ1) is 14.0. The molecule has 1 saturated heterocycles. The Balaban J connectivity index is 1.34. The third kappa shape index (κ3) is 4.67. The lowest BCUT2D eigenvalue weighted by Crippen LogP contribution is -2.41. The summed E-state index contributed by atoms with van der Waals surface area (Å²) in [5.41, 5.74) is 0.993. The van der Waals surface area contributed by atoms with Crippen molar-refractivity contribution in [2.75, 3.05) is 13.1 Å². The number of carbonyl (C=O) groups is 2. The minimum absolute atomic E-state index is 0.0425. The molecular weight excluding hydrogens is 368 g/mol. The molecule has 2 aromatic rings. The lowest BCUT2D eigenvalue weighted by molar-refractivity contribution is 0.0924. The standard InChI is InChI=1S/C22H28N4O3/c1-14(2)20-11-19(25-29-20)22(28)24-16-10-18(26(13-16)17-8-9-17)12-23-21(27)15-6-4-3-5-7-15/h3-7,11,14,16-18H,8-10,12-13H2,1-2H3,(H,23,27)(H,24,28)/t16-,18-/m0/s1. The molecule has 0 radical (unpaired) electrons. The number of nitrogens with zero attached hydrogens (tertiary/aromatic N) is 2. The van der Waals surface area contributed by atoms with Crippen molar-refractivity contribution in [2.24, 2.45) is 0 Å². The predicted molar refractivity (Wildman–Crippen MR) is 109 cm³/mol. The summed E-state index contributed by atoms with van der Waals surface area (Å²) < 4.78 is 5.24. The van der Waals surface area contributed by atoms with Crippen LogP contribution in [0.25, 0.3) is 0 Å². The lowest BCUT2D eigenvalue weighted by Gasteiger charge is -2.24. The normalized spacial score (nSPS) is 22.0. The van der Waals surface area contributed by atoms with E-state index >= 15 is 0 Å². The van der Waals surface area contributed by atoms with Crippen molar-refractivity contribution >= 4 is 11.8 Å². The topological polar surface area (TPSA) is 87.5 Å². The highest BCUT2D eigenvalue weighted by atomic mass is 16.5. The molecule has 7 heteroatoms. The first kappa shape index (κ1) is 19.6. The molecule has 1 aliphatic heterocycles. The Labute approximate surface area is 170 Å². The molecule has 2 amide bonds. The first-order valence-corrected chi connectivity index (χ1v) is 10.4. The molecule has 0 spiro atoms. The first-order valence-electron chi connectivity index (χ1n) is 10.4. The molecule has 1 aromatic heterocycles. The molecule has 1 aromatic carbocycles. The SMILES string of the molecule is CC(C)c1cc(C(=O)N[C@H]2C[C@@H](CNC(=O)c3ccccc3)N(C3CC3)C2)no1. The highest BCUT2D eigenvalue weighted by molar-refractivity contribution is 5.94. The fourth-order valence-electron chi connectivity index (χ4n) is 3.93. The van der Waals surface area contributed by atoms with E-state index in [1.54, 1.807) is 6.07 Å². The number of rotatable bonds is 7. The van der Waals surface area contributed by atoms with Gasteiger partial charge in [0.1, 0.15) is 5.76 Å². The van der Waals surface area contributed by atoms with Gasteiger partial charge in [-0.3, -0.25) is 14.5 Å². The van der Waals surface area contributed by atoms with Gasteiger partial charge in [0.25, 0.3) is 11.8 Å². The van der Waals surface area contributed by atoms with Crippen LogP contribution in [0, 0.1) is 0 Å². The van der Waals surface area contributed by atoms with Crippen LogP contribution in [0.2, 0.25) is 0 Å². The molecule has 4 rings (SSSR count). The maximum atomic E-state index is 12.6. The van der Waals surface area contributed by atoms with Crippen LogP contribution in [-0.2, 0) is 0 Å². The molecule has 29 heavy (non-hydrogen) atoms. The summed E-state index contributed by atoms with van der Waals surface area (Å²) in [7, 11) is 0. The van der Waals surface area contributed by atoms with Gasteiger partial charge >= 0.3 is 0 Å². The van der Waals surface area contributed by atoms with E-state index in [0.717, 1.165) is 13.0 Å². The van der Waals surface area contributed by atoms with Crippen molar-refractivity contribution in [3.05, 3.63) is 53.4 Å². The summed E-state index contributed by atoms with van der Waals surface area (Å²) in [6.45, 7) is 5.39. The van der Waals surface area contributed by atoms with Gasteiger partial charge in [-0.15, -0.1) is 0 Å². The highest BCUT2D eigenvalue weighted by Crippen LogP contribution is 2.33. The predicted octanol–water partition coefficient (Wildman–Crippen LogP) is 2.56. The number of likely N-dealkylation sites (tertiary alicyclic amines) is 1. The molecular formula is C22H28N4O3. The summed E-state index contributed by atoms with van der Waals surface area (Å²) in [5.74, 6) is 0.647. The molecule has 0 unspecified atom stereocenters. The maximum absolute atomic E-state index is 12.6. The van der Waals surface area contributed by atoms with E-state index in [1.807, 2.05) is 44.2 Å². The molecule has 1 saturated carbocycles. The molecule has 1 aliphatic carbocycles. The van der Waals surface area contributed by atoms with Gasteiger partial charge in [-0.2, -0.15) is 0 Å². The number of hydrogen-bond donors (Lipinski definition) is 2. The number of amides is 2. The molecule has 154 valence electrons. The van der Waals surface area contributed by atoms with Gasteiger partial charge < -0.3 is 15.2 Å². The van der Waals surface area contributed by atoms with Crippen molar-refractivity contribution in [1.82, 2.24) is 20.7 Å². The van der Waals surface area contributed by atoms with E-state index in [0.29, 0.717) is 29.6 Å². The Kier molecular flexibility index (Phi) is 5.67. The van der Waals surface area contributed by atoms with E-state index in [9.17, 15) is 9.59 Å². The van der Waals surface area contributed by atoms with Crippen molar-refractivity contribution < 1.29 is 14.1 Å². The number of hydrogen-bond acceptors (Lipinski definition) is 5.